The Kier molecular flexibility index (Phi) is 3.86. The molecule has 146 valence electrons. The Morgan fingerprint density at radius 2 is 1.77 bits per heavy atom. The lowest BCUT2D eigenvalue weighted by Crippen LogP contribution is -2.42. The van der Waals surface area contributed by atoms with Crippen molar-refractivity contribution in [3.8, 4) is 0 Å². The third-order valence-corrected chi connectivity index (χ3v) is 5.61. The van der Waals surface area contributed by atoms with Crippen LogP contribution in [-0.2, 0) is 4.79 Å². The number of rotatable bonds is 2. The number of fused-ring (bicyclic) bond motifs is 3. The minimum atomic E-state index is -0.622. The van der Waals surface area contributed by atoms with Crippen LogP contribution in [0.4, 0.5) is 10.5 Å². The minimum Gasteiger partial charge on any atom is -0.268 e. The lowest BCUT2D eigenvalue weighted by atomic mass is 9.75. The van der Waals surface area contributed by atoms with E-state index in [-0.39, 0.29) is 11.3 Å². The summed E-state index contributed by atoms with van der Waals surface area (Å²) in [5.41, 5.74) is 2.83. The van der Waals surface area contributed by atoms with E-state index in [2.05, 4.69) is 4.99 Å². The highest BCUT2D eigenvalue weighted by Crippen LogP contribution is 2.42. The Morgan fingerprint density at radius 1 is 1.00 bits per heavy atom. The number of carbonyl (C=O) groups excluding carboxylic acids is 2. The van der Waals surface area contributed by atoms with Gasteiger partial charge in [-0.15, -0.1) is 0 Å². The summed E-state index contributed by atoms with van der Waals surface area (Å²) in [5, 5.41) is 13.3. The topological polar surface area (TPSA) is 92.9 Å². The highest BCUT2D eigenvalue weighted by atomic mass is 16.6. The molecule has 0 spiro atoms. The van der Waals surface area contributed by atoms with Crippen molar-refractivity contribution in [2.24, 2.45) is 4.99 Å². The first-order valence-electron chi connectivity index (χ1n) is 9.34. The number of amides is 3. The third-order valence-electron chi connectivity index (χ3n) is 5.61. The fraction of sp³-hybridized carbons (Fsp3) is 0.0870. The number of urea groups is 1. The van der Waals surface area contributed by atoms with Crippen LogP contribution in [0.1, 0.15) is 22.6 Å². The van der Waals surface area contributed by atoms with Crippen molar-refractivity contribution in [2.45, 2.75) is 5.92 Å². The molecule has 0 bridgehead atoms. The van der Waals surface area contributed by atoms with Crippen LogP contribution in [0.2, 0.25) is 0 Å². The maximum Gasteiger partial charge on any atom is 0.350 e. The highest BCUT2D eigenvalue weighted by Gasteiger charge is 2.39. The van der Waals surface area contributed by atoms with Gasteiger partial charge in [-0.3, -0.25) is 19.8 Å². The van der Waals surface area contributed by atoms with Gasteiger partial charge in [0.2, 0.25) is 0 Å². The van der Waals surface area contributed by atoms with E-state index < -0.39 is 22.8 Å². The molecule has 0 unspecified atom stereocenters. The van der Waals surface area contributed by atoms with Gasteiger partial charge in [0.1, 0.15) is 0 Å². The molecule has 1 aliphatic carbocycles. The maximum absolute atomic E-state index is 12.9. The number of imide groups is 1. The van der Waals surface area contributed by atoms with Crippen LogP contribution in [0.3, 0.4) is 0 Å². The molecule has 3 amide bonds. The van der Waals surface area contributed by atoms with Gasteiger partial charge in [-0.1, -0.05) is 48.5 Å². The molecule has 0 N–H and O–H groups in total. The van der Waals surface area contributed by atoms with E-state index in [1.807, 2.05) is 42.5 Å². The largest absolute Gasteiger partial charge is 0.350 e. The van der Waals surface area contributed by atoms with Crippen molar-refractivity contribution in [3.05, 3.63) is 93.0 Å². The number of carbonyl (C=O) groups is 2. The van der Waals surface area contributed by atoms with Gasteiger partial charge in [-0.2, -0.15) is 4.99 Å². The first kappa shape index (κ1) is 17.9. The second-order valence-corrected chi connectivity index (χ2v) is 7.27. The van der Waals surface area contributed by atoms with Crippen LogP contribution in [0.15, 0.2) is 71.2 Å². The van der Waals surface area contributed by atoms with Gasteiger partial charge in [0.25, 0.3) is 11.6 Å². The number of hydrogen-bond acceptors (Lipinski definition) is 4. The summed E-state index contributed by atoms with van der Waals surface area (Å²) in [6.45, 7) is 0. The van der Waals surface area contributed by atoms with Crippen molar-refractivity contribution in [2.75, 3.05) is 7.05 Å². The third kappa shape index (κ3) is 2.56. The zero-order valence-electron chi connectivity index (χ0n) is 15.9. The van der Waals surface area contributed by atoms with Gasteiger partial charge < -0.3 is 0 Å². The van der Waals surface area contributed by atoms with Crippen LogP contribution < -0.4 is 0 Å². The normalized spacial score (nSPS) is 17.9. The van der Waals surface area contributed by atoms with Gasteiger partial charge in [0.05, 0.1) is 22.1 Å². The van der Waals surface area contributed by atoms with Gasteiger partial charge in [0, 0.05) is 19.2 Å². The van der Waals surface area contributed by atoms with Gasteiger partial charge in [-0.05, 0) is 33.5 Å². The smallest absolute Gasteiger partial charge is 0.268 e. The van der Waals surface area contributed by atoms with Crippen molar-refractivity contribution in [3.63, 3.8) is 0 Å². The Hall–Kier alpha value is -4.13. The quantitative estimate of drug-likeness (QED) is 0.476. The Morgan fingerprint density at radius 3 is 2.57 bits per heavy atom. The number of hydrogen-bond donors (Lipinski definition) is 0. The minimum absolute atomic E-state index is 0.0599. The summed E-state index contributed by atoms with van der Waals surface area (Å²) in [6, 6.07) is 17.6. The Labute approximate surface area is 171 Å². The monoisotopic (exact) mass is 397 g/mol. The van der Waals surface area contributed by atoms with Crippen molar-refractivity contribution in [1.82, 2.24) is 4.90 Å². The number of nitrogens with zero attached hydrogens (tertiary/aromatic N) is 3. The molecule has 1 heterocycles. The molecular formula is C23H15N3O4. The first-order valence-corrected chi connectivity index (χ1v) is 9.34. The molecule has 2 aliphatic rings. The van der Waals surface area contributed by atoms with Crippen LogP contribution in [0, 0.1) is 10.1 Å². The zero-order chi connectivity index (χ0) is 21.0. The second kappa shape index (κ2) is 6.45. The fourth-order valence-corrected chi connectivity index (χ4v) is 4.15. The van der Waals surface area contributed by atoms with Crippen molar-refractivity contribution >= 4 is 40.2 Å². The molecule has 7 heteroatoms. The summed E-state index contributed by atoms with van der Waals surface area (Å²) in [4.78, 5) is 41.2. The van der Waals surface area contributed by atoms with Crippen LogP contribution in [0.5, 0.6) is 0 Å². The van der Waals surface area contributed by atoms with E-state index >= 15 is 0 Å². The number of aliphatic imine (C=N–C) groups is 1. The van der Waals surface area contributed by atoms with Gasteiger partial charge in [-0.25, -0.2) is 4.79 Å². The molecular weight excluding hydrogens is 382 g/mol. The zero-order valence-corrected chi connectivity index (χ0v) is 15.9. The summed E-state index contributed by atoms with van der Waals surface area (Å²) in [7, 11) is 1.38. The van der Waals surface area contributed by atoms with E-state index in [4.69, 9.17) is 0 Å². The number of benzene rings is 3. The first-order chi connectivity index (χ1) is 14.5. The number of likely N-dealkylation sites (N-methyl/N-ethyl adjacent to an activating group) is 1. The molecule has 0 fully saturated rings. The molecule has 0 saturated carbocycles. The number of non-ortho nitro benzene ring substituents is 1. The van der Waals surface area contributed by atoms with E-state index in [1.54, 1.807) is 12.1 Å². The summed E-state index contributed by atoms with van der Waals surface area (Å²) < 4.78 is 0. The predicted octanol–water partition coefficient (Wildman–Crippen LogP) is 4.31. The summed E-state index contributed by atoms with van der Waals surface area (Å²) >= 11 is 0. The molecule has 0 saturated heterocycles. The molecule has 3 aromatic carbocycles. The summed E-state index contributed by atoms with van der Waals surface area (Å²) in [6.07, 6.45) is 1.59. The lowest BCUT2D eigenvalue weighted by Gasteiger charge is -2.32. The predicted molar refractivity (Wildman–Crippen MR) is 112 cm³/mol. The van der Waals surface area contributed by atoms with Crippen molar-refractivity contribution < 1.29 is 14.5 Å². The van der Waals surface area contributed by atoms with Gasteiger partial charge >= 0.3 is 6.03 Å². The van der Waals surface area contributed by atoms with Crippen molar-refractivity contribution in [1.29, 1.82) is 0 Å². The second-order valence-electron chi connectivity index (χ2n) is 7.27. The molecule has 1 atom stereocenters. The van der Waals surface area contributed by atoms with Crippen LogP contribution in [-0.4, -0.2) is 34.5 Å². The lowest BCUT2D eigenvalue weighted by molar-refractivity contribution is -0.384. The molecule has 30 heavy (non-hydrogen) atoms. The van der Waals surface area contributed by atoms with Gasteiger partial charge in [0.15, 0.2) is 0 Å². The molecule has 7 nitrogen and oxygen atoms in total. The average molecular weight is 397 g/mol. The number of nitro groups is 1. The fourth-order valence-electron chi connectivity index (χ4n) is 4.15. The SMILES string of the molecule is CN1C(=O)N=C2C(=Cc3cc([N+](=O)[O-])ccc3[C@@H]2c2cccc3ccccc23)C1=O. The van der Waals surface area contributed by atoms with Crippen LogP contribution in [0.25, 0.3) is 16.8 Å². The van der Waals surface area contributed by atoms with E-state index in [1.165, 1.54) is 19.2 Å². The Balaban J connectivity index is 1.84. The molecule has 0 radical (unpaired) electrons. The van der Waals surface area contributed by atoms with Crippen LogP contribution >= 0.6 is 0 Å². The molecule has 5 rings (SSSR count). The molecule has 0 aromatic heterocycles. The highest BCUT2D eigenvalue weighted by molar-refractivity contribution is 6.35. The molecule has 3 aromatic rings. The summed E-state index contributed by atoms with van der Waals surface area (Å²) in [5.74, 6) is -0.958. The average Bonchev–Trinajstić information content (AvgIpc) is 2.76. The van der Waals surface area contributed by atoms with E-state index in [0.717, 1.165) is 26.8 Å². The van der Waals surface area contributed by atoms with E-state index in [9.17, 15) is 19.7 Å². The van der Waals surface area contributed by atoms with E-state index in [0.29, 0.717) is 11.3 Å². The standard InChI is InChI=1S/C23H15N3O4/c1-25-22(27)19-12-14-11-15(26(29)30)9-10-17(14)20(21(19)24-23(25)28)18-8-4-6-13-5-2-3-7-16(13)18/h2-12,20H,1H3/t20-/m1/s1. The number of nitro benzene ring substituents is 1. The molecule has 1 aliphatic heterocycles. The Bertz CT molecular complexity index is 1330. The maximum atomic E-state index is 12.9.